The van der Waals surface area contributed by atoms with Gasteiger partial charge in [-0.3, -0.25) is 10.1 Å². The van der Waals surface area contributed by atoms with Gasteiger partial charge in [-0.25, -0.2) is 4.79 Å². The molecule has 0 aliphatic rings. The molecule has 0 saturated carbocycles. The molecule has 0 spiro atoms. The van der Waals surface area contributed by atoms with Gasteiger partial charge in [0.05, 0.1) is 9.40 Å². The van der Waals surface area contributed by atoms with Crippen molar-refractivity contribution in [2.45, 2.75) is 13.5 Å². The lowest BCUT2D eigenvalue weighted by Gasteiger charge is -2.07. The minimum atomic E-state index is -1.18. The van der Waals surface area contributed by atoms with E-state index in [0.29, 0.717) is 15.8 Å². The van der Waals surface area contributed by atoms with Crippen LogP contribution in [0.2, 0.25) is 0 Å². The number of rotatable bonds is 5. The first kappa shape index (κ1) is 15.0. The zero-order chi connectivity index (χ0) is 15.6. The van der Waals surface area contributed by atoms with Crippen LogP contribution in [0.1, 0.15) is 21.9 Å². The van der Waals surface area contributed by atoms with Crippen LogP contribution in [0.15, 0.2) is 33.2 Å². The van der Waals surface area contributed by atoms with Crippen molar-refractivity contribution in [3.05, 3.63) is 55.9 Å². The van der Waals surface area contributed by atoms with Crippen LogP contribution >= 0.6 is 15.9 Å². The average molecular weight is 356 g/mol. The van der Waals surface area contributed by atoms with Crippen LogP contribution in [0.5, 0.6) is 5.75 Å². The van der Waals surface area contributed by atoms with E-state index in [1.807, 2.05) is 0 Å². The minimum absolute atomic E-state index is 0.0356. The van der Waals surface area contributed by atoms with Crippen LogP contribution in [-0.2, 0) is 6.61 Å². The Morgan fingerprint density at radius 3 is 2.81 bits per heavy atom. The third kappa shape index (κ3) is 3.22. The Labute approximate surface area is 127 Å². The molecule has 0 unspecified atom stereocenters. The smallest absolute Gasteiger partial charge is 0.371 e. The summed E-state index contributed by atoms with van der Waals surface area (Å²) in [5.74, 6) is -0.911. The van der Waals surface area contributed by atoms with Crippen molar-refractivity contribution in [2.75, 3.05) is 0 Å². The second-order valence-corrected chi connectivity index (χ2v) is 4.99. The Bertz CT molecular complexity index is 709. The Morgan fingerprint density at radius 2 is 2.24 bits per heavy atom. The standard InChI is InChI=1S/C13H10BrNO6/c1-7-8(5-11(21-7)13(16)17)6-20-12-9(14)3-2-4-10(12)15(18)19/h2-5H,6H2,1H3,(H,16,17). The summed E-state index contributed by atoms with van der Waals surface area (Å²) < 4.78 is 10.9. The fraction of sp³-hybridized carbons (Fsp3) is 0.154. The fourth-order valence-electron chi connectivity index (χ4n) is 1.70. The summed E-state index contributed by atoms with van der Waals surface area (Å²) in [5, 5.41) is 19.8. The maximum atomic E-state index is 11.0. The third-order valence-corrected chi connectivity index (χ3v) is 3.37. The van der Waals surface area contributed by atoms with Crippen LogP contribution in [0, 0.1) is 17.0 Å². The number of para-hydroxylation sites is 1. The van der Waals surface area contributed by atoms with Gasteiger partial charge in [-0.05, 0) is 35.0 Å². The largest absolute Gasteiger partial charge is 0.481 e. The Morgan fingerprint density at radius 1 is 1.52 bits per heavy atom. The van der Waals surface area contributed by atoms with Crippen LogP contribution in [0.25, 0.3) is 0 Å². The molecule has 0 atom stereocenters. The van der Waals surface area contributed by atoms with Crippen molar-refractivity contribution in [2.24, 2.45) is 0 Å². The summed E-state index contributed by atoms with van der Waals surface area (Å²) in [6.07, 6.45) is 0. The number of nitro groups is 1. The Hall–Kier alpha value is -2.35. The number of nitrogens with zero attached hydrogens (tertiary/aromatic N) is 1. The van der Waals surface area contributed by atoms with Crippen molar-refractivity contribution in [1.29, 1.82) is 0 Å². The second kappa shape index (κ2) is 5.96. The third-order valence-electron chi connectivity index (χ3n) is 2.75. The molecule has 0 saturated heterocycles. The Balaban J connectivity index is 2.24. The van der Waals surface area contributed by atoms with Crippen molar-refractivity contribution in [1.82, 2.24) is 0 Å². The molecule has 2 aromatic rings. The number of aryl methyl sites for hydroxylation is 1. The van der Waals surface area contributed by atoms with E-state index in [2.05, 4.69) is 15.9 Å². The van der Waals surface area contributed by atoms with E-state index in [9.17, 15) is 14.9 Å². The molecule has 1 aromatic carbocycles. The number of benzene rings is 1. The van der Waals surface area contributed by atoms with E-state index in [1.54, 1.807) is 13.0 Å². The van der Waals surface area contributed by atoms with Gasteiger partial charge in [-0.15, -0.1) is 0 Å². The van der Waals surface area contributed by atoms with Crippen LogP contribution in [0.4, 0.5) is 5.69 Å². The molecule has 0 amide bonds. The van der Waals surface area contributed by atoms with E-state index in [4.69, 9.17) is 14.3 Å². The highest BCUT2D eigenvalue weighted by Gasteiger charge is 2.19. The van der Waals surface area contributed by atoms with Gasteiger partial charge in [0, 0.05) is 11.6 Å². The SMILES string of the molecule is Cc1oc(C(=O)O)cc1COc1c(Br)cccc1[N+](=O)[O-]. The van der Waals surface area contributed by atoms with Gasteiger partial charge >= 0.3 is 11.7 Å². The molecule has 0 radical (unpaired) electrons. The average Bonchev–Trinajstić information content (AvgIpc) is 2.78. The van der Waals surface area contributed by atoms with Crippen LogP contribution in [0.3, 0.4) is 0 Å². The number of hydrogen-bond acceptors (Lipinski definition) is 5. The van der Waals surface area contributed by atoms with Crippen LogP contribution < -0.4 is 4.74 Å². The van der Waals surface area contributed by atoms with Crippen molar-refractivity contribution in [3.63, 3.8) is 0 Å². The quantitative estimate of drug-likeness (QED) is 0.649. The lowest BCUT2D eigenvalue weighted by Crippen LogP contribution is -2.00. The summed E-state index contributed by atoms with van der Waals surface area (Å²) in [4.78, 5) is 21.2. The monoisotopic (exact) mass is 355 g/mol. The van der Waals surface area contributed by atoms with E-state index in [-0.39, 0.29) is 23.8 Å². The number of aromatic carboxylic acids is 1. The molecular formula is C13H10BrNO6. The van der Waals surface area contributed by atoms with Crippen molar-refractivity contribution in [3.8, 4) is 5.75 Å². The predicted molar refractivity (Wildman–Crippen MR) is 75.5 cm³/mol. The highest BCUT2D eigenvalue weighted by molar-refractivity contribution is 9.10. The number of carboxylic acids is 1. The van der Waals surface area contributed by atoms with Gasteiger partial charge in [0.15, 0.2) is 0 Å². The molecular weight excluding hydrogens is 346 g/mol. The number of nitro benzene ring substituents is 1. The molecule has 21 heavy (non-hydrogen) atoms. The van der Waals surface area contributed by atoms with Gasteiger partial charge in [-0.2, -0.15) is 0 Å². The second-order valence-electron chi connectivity index (χ2n) is 4.13. The number of furan rings is 1. The first-order valence-corrected chi connectivity index (χ1v) is 6.57. The molecule has 0 fully saturated rings. The summed E-state index contributed by atoms with van der Waals surface area (Å²) >= 11 is 3.19. The summed E-state index contributed by atoms with van der Waals surface area (Å²) in [6, 6.07) is 5.80. The summed E-state index contributed by atoms with van der Waals surface area (Å²) in [5.41, 5.74) is 0.335. The van der Waals surface area contributed by atoms with E-state index in [1.165, 1.54) is 18.2 Å². The van der Waals surface area contributed by atoms with Gasteiger partial charge in [0.2, 0.25) is 11.5 Å². The molecule has 110 valence electrons. The fourth-order valence-corrected chi connectivity index (χ4v) is 2.17. The van der Waals surface area contributed by atoms with Crippen molar-refractivity contribution < 1.29 is 24.0 Å². The first-order valence-electron chi connectivity index (χ1n) is 5.78. The molecule has 1 aromatic heterocycles. The summed E-state index contributed by atoms with van der Waals surface area (Å²) in [6.45, 7) is 1.56. The van der Waals surface area contributed by atoms with E-state index >= 15 is 0 Å². The topological polar surface area (TPSA) is 103 Å². The minimum Gasteiger partial charge on any atom is -0.481 e. The molecule has 1 N–H and O–H groups in total. The van der Waals surface area contributed by atoms with Gasteiger partial charge in [0.1, 0.15) is 12.4 Å². The number of halogens is 1. The highest BCUT2D eigenvalue weighted by Crippen LogP contribution is 2.35. The van der Waals surface area contributed by atoms with Crippen molar-refractivity contribution >= 4 is 27.6 Å². The summed E-state index contributed by atoms with van der Waals surface area (Å²) in [7, 11) is 0. The predicted octanol–water partition coefficient (Wildman–Crippen LogP) is 3.54. The number of carbonyl (C=O) groups is 1. The molecule has 0 bridgehead atoms. The highest BCUT2D eigenvalue weighted by atomic mass is 79.9. The molecule has 8 heteroatoms. The van der Waals surface area contributed by atoms with Crippen LogP contribution in [-0.4, -0.2) is 16.0 Å². The first-order chi connectivity index (χ1) is 9.90. The molecule has 0 aliphatic carbocycles. The number of ether oxygens (including phenoxy) is 1. The van der Waals surface area contributed by atoms with E-state index < -0.39 is 10.9 Å². The van der Waals surface area contributed by atoms with Gasteiger partial charge in [0.25, 0.3) is 0 Å². The van der Waals surface area contributed by atoms with Gasteiger partial charge in [-0.1, -0.05) is 6.07 Å². The van der Waals surface area contributed by atoms with Gasteiger partial charge < -0.3 is 14.3 Å². The lowest BCUT2D eigenvalue weighted by molar-refractivity contribution is -0.386. The number of hydrogen-bond donors (Lipinski definition) is 1. The Kier molecular flexibility index (Phi) is 4.27. The molecule has 0 aliphatic heterocycles. The maximum absolute atomic E-state index is 11.0. The zero-order valence-electron chi connectivity index (χ0n) is 10.8. The maximum Gasteiger partial charge on any atom is 0.371 e. The molecule has 7 nitrogen and oxygen atoms in total. The molecule has 2 rings (SSSR count). The normalized spacial score (nSPS) is 10.4. The lowest BCUT2D eigenvalue weighted by atomic mass is 10.2. The zero-order valence-corrected chi connectivity index (χ0v) is 12.4. The number of carboxylic acid groups (broad SMARTS) is 1. The van der Waals surface area contributed by atoms with E-state index in [0.717, 1.165) is 0 Å². The molecule has 1 heterocycles.